The molecule has 0 aliphatic carbocycles. The molecule has 1 atom stereocenters. The second kappa shape index (κ2) is 3.37. The molecule has 0 aromatic carbocycles. The fourth-order valence-electron chi connectivity index (χ4n) is 0.124. The Hall–Kier alpha value is 0.170. The lowest BCUT2D eigenvalue weighted by molar-refractivity contribution is 0.336. The van der Waals surface area contributed by atoms with Gasteiger partial charge in [-0.15, -0.1) is 0 Å². The smallest absolute Gasteiger partial charge is 0.328 e. The van der Waals surface area contributed by atoms with Crippen LogP contribution in [0.1, 0.15) is 0 Å². The van der Waals surface area contributed by atoms with Gasteiger partial charge in [0.2, 0.25) is 6.03 Å². The minimum Gasteiger partial charge on any atom is -0.328 e. The Balaban J connectivity index is 3.88. The van der Waals surface area contributed by atoms with Gasteiger partial charge in [0.05, 0.1) is 0 Å². The van der Waals surface area contributed by atoms with Gasteiger partial charge in [-0.3, -0.25) is 9.36 Å². The summed E-state index contributed by atoms with van der Waals surface area (Å²) in [5.41, 5.74) is 0. The molecule has 0 aliphatic rings. The van der Waals surface area contributed by atoms with Crippen molar-refractivity contribution in [3.63, 3.8) is 0 Å². The number of hydrogen-bond acceptors (Lipinski definition) is 5. The molecule has 1 unspecified atom stereocenters. The summed E-state index contributed by atoms with van der Waals surface area (Å²) in [6.07, 6.45) is 0. The summed E-state index contributed by atoms with van der Waals surface area (Å²) >= 11 is 0. The molecule has 0 radical (unpaired) electrons. The van der Waals surface area contributed by atoms with Gasteiger partial charge >= 0.3 is 16.2 Å². The highest BCUT2D eigenvalue weighted by Gasteiger charge is 2.22. The number of hydrogen-bond donors (Lipinski definition) is 3. The fourth-order valence-corrected chi connectivity index (χ4v) is 1.11. The van der Waals surface area contributed by atoms with Gasteiger partial charge in [0, 0.05) is 0 Å². The zero-order valence-electron chi connectivity index (χ0n) is 4.04. The Kier molecular flexibility index (Phi) is 3.43. The van der Waals surface area contributed by atoms with E-state index in [0.29, 0.717) is 0 Å². The maximum atomic E-state index is 10.1. The molecule has 0 aliphatic heterocycles. The second-order valence-electron chi connectivity index (χ2n) is 1.00. The molecule has 0 amide bonds. The van der Waals surface area contributed by atoms with E-state index in [4.69, 9.17) is 14.7 Å². The van der Waals surface area contributed by atoms with Crippen LogP contribution in [0.15, 0.2) is 0 Å². The number of rotatable bonds is 3. The maximum absolute atomic E-state index is 10.1. The molecule has 8 heteroatoms. The average Bonchev–Trinajstić information content (AvgIpc) is 1.63. The van der Waals surface area contributed by atoms with Gasteiger partial charge in [0.25, 0.3) is 0 Å². The molecule has 6 nitrogen and oxygen atoms in total. The minimum atomic E-state index is -4.38. The normalized spacial score (nSPS) is 17.3. The van der Waals surface area contributed by atoms with Crippen LogP contribution in [0.2, 0.25) is 0 Å². The summed E-state index contributed by atoms with van der Waals surface area (Å²) in [6, 6.07) is -0.380. The van der Waals surface area contributed by atoms with Crippen LogP contribution in [0, 0.1) is 0 Å². The Morgan fingerprint density at radius 1 is 1.56 bits per heavy atom. The SMILES string of the molecule is O=CP(=O)(O)OP(O)O. The molecular formula is CH4O6P2. The molecule has 0 fully saturated rings. The molecular weight excluding hydrogens is 170 g/mol. The minimum absolute atomic E-state index is 0.380. The summed E-state index contributed by atoms with van der Waals surface area (Å²) in [4.78, 5) is 33.5. The highest BCUT2D eigenvalue weighted by Crippen LogP contribution is 2.49. The van der Waals surface area contributed by atoms with Crippen LogP contribution >= 0.6 is 16.2 Å². The van der Waals surface area contributed by atoms with E-state index < -0.39 is 16.2 Å². The van der Waals surface area contributed by atoms with Crippen molar-refractivity contribution in [3.05, 3.63) is 0 Å². The summed E-state index contributed by atoms with van der Waals surface area (Å²) < 4.78 is 13.6. The van der Waals surface area contributed by atoms with Gasteiger partial charge in [-0.2, -0.15) is 0 Å². The molecule has 0 saturated carbocycles. The zero-order chi connectivity index (χ0) is 7.49. The van der Waals surface area contributed by atoms with Crippen LogP contribution in [0.5, 0.6) is 0 Å². The van der Waals surface area contributed by atoms with E-state index in [9.17, 15) is 9.36 Å². The van der Waals surface area contributed by atoms with Crippen LogP contribution in [0.25, 0.3) is 0 Å². The topological polar surface area (TPSA) is 104 Å². The third-order valence-corrected chi connectivity index (χ3v) is 2.11. The van der Waals surface area contributed by atoms with E-state index in [2.05, 4.69) is 4.31 Å². The van der Waals surface area contributed by atoms with E-state index in [1.807, 2.05) is 0 Å². The number of carbonyl (C=O) groups excluding carboxylic acids is 1. The first kappa shape index (κ1) is 9.17. The van der Waals surface area contributed by atoms with Crippen LogP contribution in [0.4, 0.5) is 0 Å². The Bertz CT molecular complexity index is 140. The van der Waals surface area contributed by atoms with Crippen molar-refractivity contribution in [1.82, 2.24) is 0 Å². The molecule has 0 aromatic rings. The van der Waals surface area contributed by atoms with Crippen molar-refractivity contribution in [2.45, 2.75) is 0 Å². The summed E-state index contributed by atoms with van der Waals surface area (Å²) in [6.45, 7) is 0. The molecule has 0 heterocycles. The van der Waals surface area contributed by atoms with E-state index in [0.717, 1.165) is 0 Å². The van der Waals surface area contributed by atoms with Crippen molar-refractivity contribution in [1.29, 1.82) is 0 Å². The molecule has 9 heavy (non-hydrogen) atoms. The van der Waals surface area contributed by atoms with Gasteiger partial charge in [-0.1, -0.05) is 0 Å². The maximum Gasteiger partial charge on any atom is 0.397 e. The van der Waals surface area contributed by atoms with Gasteiger partial charge in [0.1, 0.15) is 0 Å². The van der Waals surface area contributed by atoms with Crippen molar-refractivity contribution in [3.8, 4) is 0 Å². The molecule has 0 saturated heterocycles. The number of carbonyl (C=O) groups is 1. The lowest BCUT2D eigenvalue weighted by atomic mass is 11.8. The van der Waals surface area contributed by atoms with Crippen LogP contribution in [-0.2, 0) is 13.7 Å². The van der Waals surface area contributed by atoms with Crippen molar-refractivity contribution < 1.29 is 28.4 Å². The first-order valence-electron chi connectivity index (χ1n) is 1.64. The quantitative estimate of drug-likeness (QED) is 0.396. The highest BCUT2D eigenvalue weighted by atomic mass is 31.2. The Morgan fingerprint density at radius 2 is 2.00 bits per heavy atom. The highest BCUT2D eigenvalue weighted by molar-refractivity contribution is 7.73. The molecule has 3 N–H and O–H groups in total. The average molecular weight is 174 g/mol. The molecule has 54 valence electrons. The summed E-state index contributed by atoms with van der Waals surface area (Å²) in [5.74, 6) is 0. The Morgan fingerprint density at radius 3 is 2.11 bits per heavy atom. The zero-order valence-corrected chi connectivity index (χ0v) is 5.83. The largest absolute Gasteiger partial charge is 0.397 e. The molecule has 0 aromatic heterocycles. The van der Waals surface area contributed by atoms with Gasteiger partial charge in [-0.05, 0) is 0 Å². The fraction of sp³-hybridized carbons (Fsp3) is 0. The van der Waals surface area contributed by atoms with Crippen molar-refractivity contribution >= 4 is 22.2 Å². The van der Waals surface area contributed by atoms with Gasteiger partial charge in [0.15, 0.2) is 0 Å². The van der Waals surface area contributed by atoms with Gasteiger partial charge < -0.3 is 14.7 Å². The molecule has 0 spiro atoms. The van der Waals surface area contributed by atoms with Crippen molar-refractivity contribution in [2.24, 2.45) is 0 Å². The summed E-state index contributed by atoms with van der Waals surface area (Å²) in [5, 5.41) is 0. The van der Waals surface area contributed by atoms with E-state index >= 15 is 0 Å². The monoisotopic (exact) mass is 174 g/mol. The standard InChI is InChI=1S/CH4O6P2/c2-1-9(5,6)7-8(3)4/h1,3-4H,(H,5,6). The van der Waals surface area contributed by atoms with E-state index in [1.165, 1.54) is 0 Å². The predicted molar refractivity (Wildman–Crippen MR) is 29.0 cm³/mol. The summed E-state index contributed by atoms with van der Waals surface area (Å²) in [7, 11) is -7.32. The third kappa shape index (κ3) is 4.66. The lowest BCUT2D eigenvalue weighted by Gasteiger charge is -2.02. The molecule has 0 rings (SSSR count). The van der Waals surface area contributed by atoms with Crippen LogP contribution in [-0.4, -0.2) is 20.7 Å². The van der Waals surface area contributed by atoms with Crippen molar-refractivity contribution in [2.75, 3.05) is 0 Å². The predicted octanol–water partition coefficient (Wildman–Crippen LogP) is -0.410. The Labute approximate surface area is 51.6 Å². The van der Waals surface area contributed by atoms with Gasteiger partial charge in [-0.25, -0.2) is 4.31 Å². The third-order valence-electron chi connectivity index (χ3n) is 0.323. The van der Waals surface area contributed by atoms with E-state index in [-0.39, 0.29) is 6.03 Å². The molecule has 0 bridgehead atoms. The lowest BCUT2D eigenvalue weighted by Crippen LogP contribution is -1.83. The second-order valence-corrected chi connectivity index (χ2v) is 3.50. The van der Waals surface area contributed by atoms with E-state index in [1.54, 1.807) is 0 Å². The first-order valence-corrected chi connectivity index (χ1v) is 4.45. The van der Waals surface area contributed by atoms with Crippen LogP contribution < -0.4 is 0 Å². The first-order chi connectivity index (χ1) is 3.98. The van der Waals surface area contributed by atoms with Crippen LogP contribution in [0.3, 0.4) is 0 Å².